The van der Waals surface area contributed by atoms with Crippen molar-refractivity contribution in [2.45, 2.75) is 25.6 Å². The van der Waals surface area contributed by atoms with Gasteiger partial charge in [0.05, 0.1) is 18.3 Å². The van der Waals surface area contributed by atoms with E-state index in [2.05, 4.69) is 26.3 Å². The summed E-state index contributed by atoms with van der Waals surface area (Å²) in [6.07, 6.45) is 1.93. The Labute approximate surface area is 183 Å². The van der Waals surface area contributed by atoms with Gasteiger partial charge in [0.15, 0.2) is 0 Å². The lowest BCUT2D eigenvalue weighted by molar-refractivity contribution is -0.0654. The second kappa shape index (κ2) is 8.32. The van der Waals surface area contributed by atoms with E-state index in [9.17, 15) is 5.11 Å². The maximum absolute atomic E-state index is 9.89. The summed E-state index contributed by atoms with van der Waals surface area (Å²) < 4.78 is 6.38. The second-order valence-corrected chi connectivity index (χ2v) is 8.01. The number of hydrogen-bond acceptors (Lipinski definition) is 7. The monoisotopic (exact) mass is 439 g/mol. The van der Waals surface area contributed by atoms with Crippen LogP contribution in [0.15, 0.2) is 24.4 Å². The number of morpholine rings is 1. The van der Waals surface area contributed by atoms with Crippen molar-refractivity contribution in [2.24, 2.45) is 11.8 Å². The Morgan fingerprint density at radius 3 is 2.83 bits per heavy atom. The lowest BCUT2D eigenvalue weighted by Crippen LogP contribution is -2.52. The highest BCUT2D eigenvalue weighted by Gasteiger charge is 2.61. The van der Waals surface area contributed by atoms with E-state index in [1.165, 1.54) is 0 Å². The zero-order valence-electron chi connectivity index (χ0n) is 16.5. The minimum atomic E-state index is -0.239. The van der Waals surface area contributed by atoms with Crippen LogP contribution in [0.2, 0.25) is 0 Å². The standard InChI is InChI=1S/C20H25N5O2.2ClH/c1-12-3-4-14(13(2)23-12)17-5-6-22-19(24-17)25-8-16-15(9-26)18-7-21-10-20(16,11-25)27-18;;/h3-6,15-16,18,21,26H,7-11H2,1-2H3;2*1H/t15-,16+,18+,20+;;/m0../s1. The molecule has 7 nitrogen and oxygen atoms in total. The number of halogens is 2. The summed E-state index contributed by atoms with van der Waals surface area (Å²) in [5, 5.41) is 13.4. The van der Waals surface area contributed by atoms with E-state index in [0.29, 0.717) is 5.92 Å². The molecule has 1 spiro atoms. The molecule has 3 aliphatic rings. The largest absolute Gasteiger partial charge is 0.396 e. The molecule has 0 aromatic carbocycles. The fraction of sp³-hybridized carbons (Fsp3) is 0.550. The molecular formula is C20H27Cl2N5O2. The van der Waals surface area contributed by atoms with Crippen LogP contribution in [-0.4, -0.2) is 64.5 Å². The fourth-order valence-electron chi connectivity index (χ4n) is 5.06. The van der Waals surface area contributed by atoms with E-state index in [4.69, 9.17) is 9.72 Å². The average molecular weight is 440 g/mol. The molecule has 5 rings (SSSR count). The van der Waals surface area contributed by atoms with E-state index < -0.39 is 0 Å². The lowest BCUT2D eigenvalue weighted by Gasteiger charge is -2.33. The van der Waals surface area contributed by atoms with Crippen molar-refractivity contribution in [3.05, 3.63) is 35.8 Å². The van der Waals surface area contributed by atoms with Gasteiger partial charge in [0.2, 0.25) is 5.95 Å². The van der Waals surface area contributed by atoms with Crippen LogP contribution in [-0.2, 0) is 4.74 Å². The molecule has 2 aromatic rings. The van der Waals surface area contributed by atoms with Crippen molar-refractivity contribution >= 4 is 30.8 Å². The van der Waals surface area contributed by atoms with Crippen LogP contribution in [0.4, 0.5) is 5.95 Å². The zero-order valence-corrected chi connectivity index (χ0v) is 18.2. The number of aliphatic hydroxyl groups is 1. The van der Waals surface area contributed by atoms with Gasteiger partial charge in [-0.3, -0.25) is 4.98 Å². The van der Waals surface area contributed by atoms with Gasteiger partial charge in [0.25, 0.3) is 0 Å². The third-order valence-electron chi connectivity index (χ3n) is 6.34. The van der Waals surface area contributed by atoms with Gasteiger partial charge in [-0.2, -0.15) is 0 Å². The Kier molecular flexibility index (Phi) is 6.36. The van der Waals surface area contributed by atoms with Crippen molar-refractivity contribution < 1.29 is 9.84 Å². The number of fused-ring (bicyclic) bond motifs is 1. The Morgan fingerprint density at radius 1 is 1.24 bits per heavy atom. The van der Waals surface area contributed by atoms with Crippen LogP contribution in [0, 0.1) is 25.7 Å². The van der Waals surface area contributed by atoms with E-state index >= 15 is 0 Å². The van der Waals surface area contributed by atoms with E-state index in [0.717, 1.165) is 54.8 Å². The molecule has 9 heteroatoms. The Bertz CT molecular complexity index is 886. The summed E-state index contributed by atoms with van der Waals surface area (Å²) in [4.78, 5) is 16.1. The Morgan fingerprint density at radius 2 is 2.07 bits per heavy atom. The number of aliphatic hydroxyl groups excluding tert-OH is 1. The predicted molar refractivity (Wildman–Crippen MR) is 116 cm³/mol. The first-order valence-corrected chi connectivity index (χ1v) is 9.62. The molecule has 0 unspecified atom stereocenters. The van der Waals surface area contributed by atoms with Gasteiger partial charge in [-0.15, -0.1) is 24.8 Å². The minimum Gasteiger partial charge on any atom is -0.396 e. The van der Waals surface area contributed by atoms with Crippen LogP contribution >= 0.6 is 24.8 Å². The molecule has 0 aliphatic carbocycles. The molecule has 158 valence electrons. The average Bonchev–Trinajstić information content (AvgIpc) is 3.10. The molecule has 3 fully saturated rings. The number of hydrogen-bond donors (Lipinski definition) is 2. The molecule has 3 saturated heterocycles. The number of rotatable bonds is 3. The van der Waals surface area contributed by atoms with Crippen molar-refractivity contribution in [3.63, 3.8) is 0 Å². The van der Waals surface area contributed by atoms with Gasteiger partial charge in [-0.1, -0.05) is 0 Å². The van der Waals surface area contributed by atoms with Crippen molar-refractivity contribution in [3.8, 4) is 11.3 Å². The first kappa shape index (κ1) is 22.2. The van der Waals surface area contributed by atoms with Crippen molar-refractivity contribution in [1.29, 1.82) is 0 Å². The zero-order chi connectivity index (χ0) is 18.6. The first-order valence-electron chi connectivity index (χ1n) is 9.62. The molecule has 2 bridgehead atoms. The van der Waals surface area contributed by atoms with Crippen LogP contribution in [0.3, 0.4) is 0 Å². The van der Waals surface area contributed by atoms with Gasteiger partial charge >= 0.3 is 0 Å². The highest BCUT2D eigenvalue weighted by Crippen LogP contribution is 2.47. The maximum Gasteiger partial charge on any atom is 0.225 e. The van der Waals surface area contributed by atoms with E-state index in [1.54, 1.807) is 0 Å². The van der Waals surface area contributed by atoms with Gasteiger partial charge in [-0.05, 0) is 32.0 Å². The van der Waals surface area contributed by atoms with Crippen molar-refractivity contribution in [1.82, 2.24) is 20.3 Å². The molecule has 29 heavy (non-hydrogen) atoms. The summed E-state index contributed by atoms with van der Waals surface area (Å²) >= 11 is 0. The molecular weight excluding hydrogens is 413 g/mol. The van der Waals surface area contributed by atoms with E-state index in [-0.39, 0.29) is 49.0 Å². The van der Waals surface area contributed by atoms with Gasteiger partial charge in [0.1, 0.15) is 5.60 Å². The summed E-state index contributed by atoms with van der Waals surface area (Å²) in [5.74, 6) is 1.20. The number of aromatic nitrogens is 3. The lowest BCUT2D eigenvalue weighted by atomic mass is 9.83. The second-order valence-electron chi connectivity index (χ2n) is 8.01. The number of nitrogens with one attached hydrogen (secondary N) is 1. The molecule has 5 heterocycles. The van der Waals surface area contributed by atoms with Crippen LogP contribution in [0.1, 0.15) is 11.4 Å². The minimum absolute atomic E-state index is 0. The molecule has 0 radical (unpaired) electrons. The summed E-state index contributed by atoms with van der Waals surface area (Å²) in [7, 11) is 0. The normalized spacial score (nSPS) is 29.8. The van der Waals surface area contributed by atoms with Crippen molar-refractivity contribution in [2.75, 3.05) is 37.7 Å². The molecule has 3 aliphatic heterocycles. The number of ether oxygens (including phenoxy) is 1. The summed E-state index contributed by atoms with van der Waals surface area (Å²) in [6, 6.07) is 6.02. The fourth-order valence-corrected chi connectivity index (χ4v) is 5.06. The Hall–Kier alpha value is -1.51. The molecule has 4 atom stereocenters. The number of anilines is 1. The Balaban J connectivity index is 0.00000120. The maximum atomic E-state index is 9.89. The third kappa shape index (κ3) is 3.59. The first-order chi connectivity index (χ1) is 13.1. The number of pyridine rings is 1. The molecule has 0 amide bonds. The number of nitrogens with zero attached hydrogens (tertiary/aromatic N) is 4. The molecule has 2 N–H and O–H groups in total. The van der Waals surface area contributed by atoms with Crippen LogP contribution in [0.25, 0.3) is 11.3 Å². The number of aryl methyl sites for hydroxylation is 2. The quantitative estimate of drug-likeness (QED) is 0.753. The summed E-state index contributed by atoms with van der Waals surface area (Å²) in [5.41, 5.74) is 3.66. The summed E-state index contributed by atoms with van der Waals surface area (Å²) in [6.45, 7) is 7.40. The highest BCUT2D eigenvalue weighted by molar-refractivity contribution is 5.85. The highest BCUT2D eigenvalue weighted by atomic mass is 35.5. The van der Waals surface area contributed by atoms with Crippen LogP contribution < -0.4 is 10.2 Å². The molecule has 0 saturated carbocycles. The molecule has 2 aromatic heterocycles. The SMILES string of the molecule is Cc1ccc(-c2ccnc(N3C[C@@H]4[C@H](CO)[C@H]5CNC[C@]4(C3)O5)n2)c(C)n1.Cl.Cl. The predicted octanol–water partition coefficient (Wildman–Crippen LogP) is 1.78. The van der Waals surface area contributed by atoms with Crippen LogP contribution in [0.5, 0.6) is 0 Å². The third-order valence-corrected chi connectivity index (χ3v) is 6.34. The van der Waals surface area contributed by atoms with Gasteiger partial charge in [0, 0.05) is 61.2 Å². The smallest absolute Gasteiger partial charge is 0.225 e. The van der Waals surface area contributed by atoms with E-state index in [1.807, 2.05) is 32.2 Å². The topological polar surface area (TPSA) is 83.4 Å². The van der Waals surface area contributed by atoms with Gasteiger partial charge < -0.3 is 20.1 Å². The van der Waals surface area contributed by atoms with Gasteiger partial charge in [-0.25, -0.2) is 9.97 Å².